The summed E-state index contributed by atoms with van der Waals surface area (Å²) in [6.45, 7) is 0.277. The predicted molar refractivity (Wildman–Crippen MR) is 78.2 cm³/mol. The van der Waals surface area contributed by atoms with Crippen LogP contribution in [0.1, 0.15) is 12.8 Å². The molecule has 2 bridgehead atoms. The number of guanidine groups is 1. The van der Waals surface area contributed by atoms with Gasteiger partial charge >= 0.3 is 16.4 Å². The van der Waals surface area contributed by atoms with Crippen LogP contribution in [0.3, 0.4) is 0 Å². The molecule has 0 aliphatic carbocycles. The molecule has 3 amide bonds. The van der Waals surface area contributed by atoms with Gasteiger partial charge in [-0.2, -0.15) is 13.5 Å². The first kappa shape index (κ1) is 18.2. The van der Waals surface area contributed by atoms with E-state index in [-0.39, 0.29) is 32.1 Å². The fourth-order valence-corrected chi connectivity index (χ4v) is 2.90. The third kappa shape index (κ3) is 4.44. The molecule has 2 aliphatic heterocycles. The van der Waals surface area contributed by atoms with Gasteiger partial charge in [0.1, 0.15) is 6.04 Å². The smallest absolute Gasteiger partial charge is 0.370 e. The summed E-state index contributed by atoms with van der Waals surface area (Å²) in [6.07, 6.45) is 0.606. The largest absolute Gasteiger partial charge is 0.418 e. The molecule has 0 unspecified atom stereocenters. The van der Waals surface area contributed by atoms with Crippen LogP contribution in [-0.4, -0.2) is 72.6 Å². The highest BCUT2D eigenvalue weighted by Crippen LogP contribution is 2.30. The van der Waals surface area contributed by atoms with Gasteiger partial charge in [-0.1, -0.05) is 0 Å². The van der Waals surface area contributed by atoms with Crippen LogP contribution in [0.15, 0.2) is 4.99 Å². The van der Waals surface area contributed by atoms with E-state index >= 15 is 0 Å². The number of carbonyl (C=O) groups excluding carboxylic acids is 2. The van der Waals surface area contributed by atoms with Crippen molar-refractivity contribution in [2.75, 3.05) is 19.7 Å². The fraction of sp³-hybridized carbons (Fsp3) is 0.700. The number of aliphatic imine (C=N–C) groups is 1. The number of amides is 3. The average Bonchev–Trinajstić information content (AvgIpc) is 2.70. The second-order valence-electron chi connectivity index (χ2n) is 5.13. The minimum Gasteiger partial charge on any atom is -0.370 e. The maximum atomic E-state index is 12.1. The molecule has 0 saturated carbocycles. The Bertz CT molecular complexity index is 634. The quantitative estimate of drug-likeness (QED) is 0.122. The van der Waals surface area contributed by atoms with Crippen LogP contribution in [0.2, 0.25) is 0 Å². The minimum absolute atomic E-state index is 0.0327. The van der Waals surface area contributed by atoms with Gasteiger partial charge in [0.05, 0.1) is 19.2 Å². The van der Waals surface area contributed by atoms with Crippen molar-refractivity contribution in [1.29, 1.82) is 0 Å². The summed E-state index contributed by atoms with van der Waals surface area (Å²) < 4.78 is 34.5. The van der Waals surface area contributed by atoms with Gasteiger partial charge in [0, 0.05) is 6.54 Å². The van der Waals surface area contributed by atoms with Crippen LogP contribution < -0.4 is 16.9 Å². The van der Waals surface area contributed by atoms with Gasteiger partial charge < -0.3 is 16.4 Å². The highest BCUT2D eigenvalue weighted by atomic mass is 32.3. The van der Waals surface area contributed by atoms with Crippen LogP contribution in [-0.2, 0) is 24.3 Å². The molecule has 2 rings (SSSR count). The van der Waals surface area contributed by atoms with E-state index in [9.17, 15) is 18.0 Å². The Balaban J connectivity index is 1.89. The lowest BCUT2D eigenvalue weighted by Crippen LogP contribution is -2.49. The first-order valence-electron chi connectivity index (χ1n) is 6.93. The number of nitrogens with one attached hydrogen (secondary N) is 1. The Kier molecular flexibility index (Phi) is 5.43. The molecule has 13 nitrogen and oxygen atoms in total. The summed E-state index contributed by atoms with van der Waals surface area (Å²) >= 11 is 0. The highest BCUT2D eigenvalue weighted by molar-refractivity contribution is 7.80. The van der Waals surface area contributed by atoms with E-state index < -0.39 is 34.4 Å². The van der Waals surface area contributed by atoms with E-state index in [1.165, 1.54) is 0 Å². The zero-order valence-electron chi connectivity index (χ0n) is 12.5. The van der Waals surface area contributed by atoms with Crippen molar-refractivity contribution >= 4 is 28.3 Å². The highest BCUT2D eigenvalue weighted by Gasteiger charge is 2.49. The third-order valence-corrected chi connectivity index (χ3v) is 3.81. The molecular formula is C10H18N6O7S. The van der Waals surface area contributed by atoms with Crippen LogP contribution in [0.4, 0.5) is 4.79 Å². The first-order chi connectivity index (χ1) is 11.2. The van der Waals surface area contributed by atoms with E-state index in [1.807, 2.05) is 0 Å². The molecule has 0 aromatic heterocycles. The molecule has 136 valence electrons. The molecule has 2 atom stereocenters. The van der Waals surface area contributed by atoms with E-state index in [4.69, 9.17) is 20.9 Å². The Morgan fingerprint density at radius 2 is 2.12 bits per heavy atom. The monoisotopic (exact) mass is 366 g/mol. The summed E-state index contributed by atoms with van der Waals surface area (Å²) in [6, 6.07) is -2.23. The Hall–Kier alpha value is -2.16. The molecule has 24 heavy (non-hydrogen) atoms. The number of hydrogen-bond acceptors (Lipinski definition) is 7. The number of hydroxylamine groups is 3. The molecule has 2 fully saturated rings. The third-order valence-electron chi connectivity index (χ3n) is 3.46. The Morgan fingerprint density at radius 3 is 2.75 bits per heavy atom. The summed E-state index contributed by atoms with van der Waals surface area (Å²) in [5.74, 6) is -0.676. The second-order valence-corrected chi connectivity index (χ2v) is 6.14. The molecule has 0 aromatic carbocycles. The molecule has 0 radical (unpaired) electrons. The summed E-state index contributed by atoms with van der Waals surface area (Å²) in [5, 5.41) is 0.558. The lowest BCUT2D eigenvalue weighted by atomic mass is 10.0. The van der Waals surface area contributed by atoms with Crippen LogP contribution in [0, 0.1) is 0 Å². The van der Waals surface area contributed by atoms with E-state index in [0.717, 1.165) is 4.90 Å². The van der Waals surface area contributed by atoms with E-state index in [1.54, 1.807) is 0 Å². The normalized spacial score (nSPS) is 23.3. The maximum Gasteiger partial charge on any atom is 0.418 e. The number of fused-ring (bicyclic) bond motifs is 2. The Morgan fingerprint density at radius 1 is 1.42 bits per heavy atom. The van der Waals surface area contributed by atoms with Crippen LogP contribution in [0.25, 0.3) is 0 Å². The lowest BCUT2D eigenvalue weighted by Gasteiger charge is -2.28. The summed E-state index contributed by atoms with van der Waals surface area (Å²) in [4.78, 5) is 33.9. The standard InChI is InChI=1S/C10H18N6O7S/c11-9(12)13-3-4-22-14-8(17)7-2-1-6-5-15(7)10(18)16(6)23-24(19,20)21/h6-7H,1-5H2,(H,14,17)(H4,11,12,13)(H,19,20,21)/t6-,7+/m1/s1. The maximum absolute atomic E-state index is 12.1. The number of piperidine rings is 1. The number of nitrogens with two attached hydrogens (primary N) is 2. The number of rotatable bonds is 7. The van der Waals surface area contributed by atoms with Gasteiger partial charge in [0.15, 0.2) is 5.96 Å². The SMILES string of the molecule is NC(N)=NCCONC(=O)[C@@H]1CC[C@@H]2CN1C(=O)N2OS(=O)(=O)O. The molecule has 0 aromatic rings. The van der Waals surface area contributed by atoms with Gasteiger partial charge in [-0.05, 0) is 12.8 Å². The molecule has 0 spiro atoms. The van der Waals surface area contributed by atoms with Crippen molar-refractivity contribution in [2.45, 2.75) is 24.9 Å². The molecular weight excluding hydrogens is 348 g/mol. The molecule has 2 saturated heterocycles. The van der Waals surface area contributed by atoms with Crippen LogP contribution in [0.5, 0.6) is 0 Å². The topological polar surface area (TPSA) is 190 Å². The van der Waals surface area contributed by atoms with Gasteiger partial charge in [0.25, 0.3) is 5.91 Å². The van der Waals surface area contributed by atoms with Crippen molar-refractivity contribution in [1.82, 2.24) is 15.4 Å². The van der Waals surface area contributed by atoms with Crippen molar-refractivity contribution in [3.63, 3.8) is 0 Å². The molecule has 6 N–H and O–H groups in total. The average molecular weight is 366 g/mol. The van der Waals surface area contributed by atoms with Gasteiger partial charge in [-0.3, -0.25) is 19.2 Å². The van der Waals surface area contributed by atoms with Crippen molar-refractivity contribution < 1.29 is 31.7 Å². The van der Waals surface area contributed by atoms with Crippen LogP contribution >= 0.6 is 0 Å². The summed E-state index contributed by atoms with van der Waals surface area (Å²) in [7, 11) is -4.82. The second kappa shape index (κ2) is 7.16. The number of hydrogen-bond donors (Lipinski definition) is 4. The van der Waals surface area contributed by atoms with E-state index in [2.05, 4.69) is 14.8 Å². The number of carbonyl (C=O) groups is 2. The minimum atomic E-state index is -4.82. The van der Waals surface area contributed by atoms with Crippen molar-refractivity contribution in [2.24, 2.45) is 16.5 Å². The lowest BCUT2D eigenvalue weighted by molar-refractivity contribution is -0.138. The van der Waals surface area contributed by atoms with E-state index in [0.29, 0.717) is 11.5 Å². The van der Waals surface area contributed by atoms with Gasteiger partial charge in [0.2, 0.25) is 0 Å². The Labute approximate surface area is 137 Å². The number of urea groups is 1. The zero-order chi connectivity index (χ0) is 17.9. The fourth-order valence-electron chi connectivity index (χ4n) is 2.51. The van der Waals surface area contributed by atoms with Crippen molar-refractivity contribution in [3.05, 3.63) is 0 Å². The number of nitrogens with zero attached hydrogens (tertiary/aromatic N) is 3. The first-order valence-corrected chi connectivity index (χ1v) is 8.29. The van der Waals surface area contributed by atoms with Crippen molar-refractivity contribution in [3.8, 4) is 0 Å². The zero-order valence-corrected chi connectivity index (χ0v) is 13.3. The predicted octanol–water partition coefficient (Wildman–Crippen LogP) is -2.69. The molecule has 2 aliphatic rings. The summed E-state index contributed by atoms with van der Waals surface area (Å²) in [5.41, 5.74) is 12.4. The molecule has 2 heterocycles. The molecule has 14 heteroatoms. The van der Waals surface area contributed by atoms with Gasteiger partial charge in [-0.15, -0.1) is 4.28 Å². The van der Waals surface area contributed by atoms with Gasteiger partial charge in [-0.25, -0.2) is 10.3 Å².